The Labute approximate surface area is 218 Å². The van der Waals surface area contributed by atoms with Crippen LogP contribution in [0.4, 0.5) is 25.0 Å². The van der Waals surface area contributed by atoms with Crippen LogP contribution < -0.4 is 10.6 Å². The number of halogens is 2. The van der Waals surface area contributed by atoms with Gasteiger partial charge in [0.05, 0.1) is 35.0 Å². The normalized spacial score (nSPS) is 10.4. The highest BCUT2D eigenvalue weighted by atomic mass is 19.1. The number of nitrogens with zero attached hydrogens (tertiary/aromatic N) is 1. The third-order valence-electron chi connectivity index (χ3n) is 4.84. The lowest BCUT2D eigenvalue weighted by atomic mass is 10.1. The number of carbonyl (C=O) groups is 3. The Morgan fingerprint density at radius 3 is 2.34 bits per heavy atom. The molecule has 0 bridgehead atoms. The monoisotopic (exact) mass is 515 g/mol. The van der Waals surface area contributed by atoms with Crippen LogP contribution in [0.15, 0.2) is 60.7 Å². The van der Waals surface area contributed by atoms with Crippen molar-refractivity contribution in [3.8, 4) is 17.9 Å². The van der Waals surface area contributed by atoms with Gasteiger partial charge in [-0.3, -0.25) is 14.9 Å². The standard InChI is InChI=1S/C29H23F2N3O4/c1-29(2,3)38-28(37)34-24-12-8-18(7-9-20-10-11-22(30)15-23(20)31)14-25(24)33-27(36)16-26(35)21-6-4-5-19(13-21)17-32/h4-6,8,10-15H,16H2,1-3H3,(H,33,36)(H,34,37). The van der Waals surface area contributed by atoms with E-state index in [9.17, 15) is 23.2 Å². The number of carbonyl (C=O) groups excluding carboxylic acids is 3. The van der Waals surface area contributed by atoms with Gasteiger partial charge in [0.1, 0.15) is 17.2 Å². The maximum Gasteiger partial charge on any atom is 0.412 e. The van der Waals surface area contributed by atoms with Crippen molar-refractivity contribution < 1.29 is 27.9 Å². The minimum absolute atomic E-state index is 0.0295. The van der Waals surface area contributed by atoms with Crippen molar-refractivity contribution in [2.45, 2.75) is 32.8 Å². The minimum Gasteiger partial charge on any atom is -0.444 e. The van der Waals surface area contributed by atoms with Gasteiger partial charge in [0, 0.05) is 17.2 Å². The first-order chi connectivity index (χ1) is 17.9. The average molecular weight is 516 g/mol. The maximum atomic E-state index is 13.9. The second-order valence-electron chi connectivity index (χ2n) is 9.10. The summed E-state index contributed by atoms with van der Waals surface area (Å²) in [5.74, 6) is 2.57. The number of ketones is 1. The zero-order valence-electron chi connectivity index (χ0n) is 20.8. The molecule has 0 aromatic heterocycles. The van der Waals surface area contributed by atoms with Crippen molar-refractivity contribution in [1.29, 1.82) is 5.26 Å². The van der Waals surface area contributed by atoms with E-state index < -0.39 is 41.4 Å². The number of ether oxygens (including phenoxy) is 1. The molecule has 0 heterocycles. The van der Waals surface area contributed by atoms with Crippen LogP contribution in [0.1, 0.15) is 54.2 Å². The molecule has 0 saturated heterocycles. The molecular weight excluding hydrogens is 492 g/mol. The van der Waals surface area contributed by atoms with Crippen molar-refractivity contribution in [3.05, 3.63) is 94.6 Å². The Morgan fingerprint density at radius 1 is 0.895 bits per heavy atom. The lowest BCUT2D eigenvalue weighted by Gasteiger charge is -2.20. The van der Waals surface area contributed by atoms with Crippen LogP contribution in [0.25, 0.3) is 0 Å². The minimum atomic E-state index is -0.826. The summed E-state index contributed by atoms with van der Waals surface area (Å²) < 4.78 is 32.4. The molecule has 3 aromatic carbocycles. The lowest BCUT2D eigenvalue weighted by molar-refractivity contribution is -0.115. The summed E-state index contributed by atoms with van der Waals surface area (Å²) >= 11 is 0. The summed E-state index contributed by atoms with van der Waals surface area (Å²) in [4.78, 5) is 37.6. The highest BCUT2D eigenvalue weighted by Gasteiger charge is 2.19. The van der Waals surface area contributed by atoms with E-state index in [1.54, 1.807) is 26.8 Å². The van der Waals surface area contributed by atoms with Crippen LogP contribution in [0.3, 0.4) is 0 Å². The van der Waals surface area contributed by atoms with Gasteiger partial charge in [-0.25, -0.2) is 13.6 Å². The molecule has 0 aliphatic heterocycles. The second kappa shape index (κ2) is 11.8. The summed E-state index contributed by atoms with van der Waals surface area (Å²) in [6.07, 6.45) is -1.30. The van der Waals surface area contributed by atoms with Gasteiger partial charge < -0.3 is 10.1 Å². The lowest BCUT2D eigenvalue weighted by Crippen LogP contribution is -2.27. The number of amides is 2. The Kier molecular flexibility index (Phi) is 8.57. The van der Waals surface area contributed by atoms with Gasteiger partial charge in [-0.2, -0.15) is 5.26 Å². The molecule has 0 fully saturated rings. The predicted octanol–water partition coefficient (Wildman–Crippen LogP) is 5.79. The van der Waals surface area contributed by atoms with E-state index >= 15 is 0 Å². The fourth-order valence-electron chi connectivity index (χ4n) is 3.18. The van der Waals surface area contributed by atoms with Crippen molar-refractivity contribution in [2.75, 3.05) is 10.6 Å². The van der Waals surface area contributed by atoms with Gasteiger partial charge in [-0.15, -0.1) is 0 Å². The summed E-state index contributed by atoms with van der Waals surface area (Å²) in [5, 5.41) is 14.2. The Bertz CT molecular complexity index is 1510. The van der Waals surface area contributed by atoms with E-state index in [0.717, 1.165) is 6.07 Å². The number of anilines is 2. The number of rotatable bonds is 5. The molecular formula is C29H23F2N3O4. The van der Waals surface area contributed by atoms with E-state index in [4.69, 9.17) is 10.00 Å². The molecule has 3 rings (SSSR count). The molecule has 2 amide bonds. The number of hydrogen-bond acceptors (Lipinski definition) is 5. The Morgan fingerprint density at radius 2 is 1.66 bits per heavy atom. The molecule has 0 spiro atoms. The molecule has 0 unspecified atom stereocenters. The van der Waals surface area contributed by atoms with E-state index in [1.165, 1.54) is 42.5 Å². The van der Waals surface area contributed by atoms with E-state index in [0.29, 0.717) is 11.6 Å². The molecule has 2 N–H and O–H groups in total. The first-order valence-corrected chi connectivity index (χ1v) is 11.4. The summed E-state index contributed by atoms with van der Waals surface area (Å²) in [7, 11) is 0. The van der Waals surface area contributed by atoms with Gasteiger partial charge in [0.2, 0.25) is 5.91 Å². The fraction of sp³-hybridized carbons (Fsp3) is 0.172. The second-order valence-corrected chi connectivity index (χ2v) is 9.10. The zero-order chi connectivity index (χ0) is 27.9. The molecule has 0 radical (unpaired) electrons. The number of nitrogens with one attached hydrogen (secondary N) is 2. The van der Waals surface area contributed by atoms with Crippen LogP contribution in [0, 0.1) is 34.8 Å². The molecule has 0 aliphatic rings. The van der Waals surface area contributed by atoms with Crippen molar-refractivity contribution in [2.24, 2.45) is 0 Å². The molecule has 0 atom stereocenters. The number of hydrogen-bond donors (Lipinski definition) is 2. The third kappa shape index (κ3) is 8.00. The van der Waals surface area contributed by atoms with E-state index in [2.05, 4.69) is 22.5 Å². The molecule has 192 valence electrons. The van der Waals surface area contributed by atoms with Crippen LogP contribution in [-0.4, -0.2) is 23.4 Å². The topological polar surface area (TPSA) is 108 Å². The number of Topliss-reactive ketones (excluding diaryl/α,β-unsaturated/α-hetero) is 1. The fourth-order valence-corrected chi connectivity index (χ4v) is 3.18. The van der Waals surface area contributed by atoms with Crippen LogP contribution in [-0.2, 0) is 9.53 Å². The molecule has 0 aliphatic carbocycles. The molecule has 38 heavy (non-hydrogen) atoms. The largest absolute Gasteiger partial charge is 0.444 e. The van der Waals surface area contributed by atoms with Crippen LogP contribution in [0.5, 0.6) is 0 Å². The Balaban J connectivity index is 1.87. The smallest absolute Gasteiger partial charge is 0.412 e. The predicted molar refractivity (Wildman–Crippen MR) is 137 cm³/mol. The molecule has 0 saturated carbocycles. The molecule has 9 heteroatoms. The highest BCUT2D eigenvalue weighted by Crippen LogP contribution is 2.25. The van der Waals surface area contributed by atoms with Crippen molar-refractivity contribution in [3.63, 3.8) is 0 Å². The highest BCUT2D eigenvalue weighted by molar-refractivity contribution is 6.12. The van der Waals surface area contributed by atoms with Crippen LogP contribution >= 0.6 is 0 Å². The SMILES string of the molecule is CC(C)(C)OC(=O)Nc1ccc(C#Cc2ccc(F)cc2F)cc1NC(=O)CC(=O)c1cccc(C#N)c1. The van der Waals surface area contributed by atoms with E-state index in [1.807, 2.05) is 6.07 Å². The van der Waals surface area contributed by atoms with Gasteiger partial charge in [-0.1, -0.05) is 24.0 Å². The van der Waals surface area contributed by atoms with Crippen molar-refractivity contribution >= 4 is 29.2 Å². The Hall–Kier alpha value is -5.02. The summed E-state index contributed by atoms with van der Waals surface area (Å²) in [5.41, 5.74) is 0.305. The molecule has 7 nitrogen and oxygen atoms in total. The van der Waals surface area contributed by atoms with Gasteiger partial charge in [0.15, 0.2) is 5.78 Å². The molecule has 3 aromatic rings. The maximum absolute atomic E-state index is 13.9. The zero-order valence-corrected chi connectivity index (χ0v) is 20.8. The number of nitriles is 1. The number of benzene rings is 3. The van der Waals surface area contributed by atoms with Gasteiger partial charge >= 0.3 is 6.09 Å². The first kappa shape index (κ1) is 27.6. The summed E-state index contributed by atoms with van der Waals surface area (Å²) in [6, 6.07) is 15.3. The van der Waals surface area contributed by atoms with Crippen LogP contribution in [0.2, 0.25) is 0 Å². The third-order valence-corrected chi connectivity index (χ3v) is 4.84. The first-order valence-electron chi connectivity index (χ1n) is 11.4. The quantitative estimate of drug-likeness (QED) is 0.254. The average Bonchev–Trinajstić information content (AvgIpc) is 2.83. The van der Waals surface area contributed by atoms with Crippen molar-refractivity contribution in [1.82, 2.24) is 0 Å². The van der Waals surface area contributed by atoms with Gasteiger partial charge in [-0.05, 0) is 63.2 Å². The summed E-state index contributed by atoms with van der Waals surface area (Å²) in [6.45, 7) is 5.07. The van der Waals surface area contributed by atoms with E-state index in [-0.39, 0.29) is 28.1 Å². The van der Waals surface area contributed by atoms with Gasteiger partial charge in [0.25, 0.3) is 0 Å².